The van der Waals surface area contributed by atoms with Gasteiger partial charge >= 0.3 is 6.09 Å². The molecular formula is C28H44N2O7. The lowest BCUT2D eigenvalue weighted by Gasteiger charge is -2.38. The number of ether oxygens (including phenoxy) is 5. The molecule has 208 valence electrons. The van der Waals surface area contributed by atoms with Crippen molar-refractivity contribution in [1.82, 2.24) is 10.6 Å². The molecule has 3 atom stereocenters. The van der Waals surface area contributed by atoms with Crippen LogP contribution in [-0.4, -0.2) is 73.1 Å². The van der Waals surface area contributed by atoms with Crippen LogP contribution < -0.4 is 10.6 Å². The molecule has 3 heterocycles. The lowest BCUT2D eigenvalue weighted by molar-refractivity contribution is -0.187. The van der Waals surface area contributed by atoms with E-state index in [4.69, 9.17) is 23.7 Å². The van der Waals surface area contributed by atoms with Gasteiger partial charge in [-0.15, -0.1) is 0 Å². The van der Waals surface area contributed by atoms with Gasteiger partial charge in [0, 0.05) is 30.9 Å². The van der Waals surface area contributed by atoms with E-state index in [0.29, 0.717) is 19.6 Å². The molecule has 2 N–H and O–H groups in total. The summed E-state index contributed by atoms with van der Waals surface area (Å²) in [6.45, 7) is 15.1. The zero-order chi connectivity index (χ0) is 27.3. The highest BCUT2D eigenvalue weighted by atomic mass is 16.7. The van der Waals surface area contributed by atoms with Crippen LogP contribution in [0, 0.1) is 0 Å². The molecule has 3 unspecified atom stereocenters. The minimum atomic E-state index is -0.542. The summed E-state index contributed by atoms with van der Waals surface area (Å²) in [6.07, 6.45) is 10.2. The number of alkyl carbamates (subject to hydrolysis) is 1. The van der Waals surface area contributed by atoms with Gasteiger partial charge in [0.2, 0.25) is 5.91 Å². The van der Waals surface area contributed by atoms with Crippen LogP contribution in [0.15, 0.2) is 36.0 Å². The monoisotopic (exact) mass is 520 g/mol. The van der Waals surface area contributed by atoms with Crippen molar-refractivity contribution in [3.8, 4) is 0 Å². The third-order valence-electron chi connectivity index (χ3n) is 6.15. The molecule has 2 amide bonds. The Hall–Kier alpha value is -2.20. The summed E-state index contributed by atoms with van der Waals surface area (Å²) in [5.74, 6) is -0.297. The summed E-state index contributed by atoms with van der Waals surface area (Å²) in [5.41, 5.74) is 0.548. The van der Waals surface area contributed by atoms with Crippen molar-refractivity contribution in [3.63, 3.8) is 0 Å². The Kier molecular flexibility index (Phi) is 9.61. The lowest BCUT2D eigenvalue weighted by atomic mass is 9.85. The van der Waals surface area contributed by atoms with E-state index in [-0.39, 0.29) is 35.5 Å². The maximum absolute atomic E-state index is 12.2. The zero-order valence-electron chi connectivity index (χ0n) is 23.3. The molecule has 3 aliphatic heterocycles. The second-order valence-corrected chi connectivity index (χ2v) is 12.0. The molecule has 1 spiro atoms. The molecule has 3 aliphatic rings. The van der Waals surface area contributed by atoms with Crippen molar-refractivity contribution in [2.75, 3.05) is 19.8 Å². The third kappa shape index (κ3) is 10.6. The summed E-state index contributed by atoms with van der Waals surface area (Å²) < 4.78 is 28.7. The van der Waals surface area contributed by atoms with E-state index in [1.54, 1.807) is 6.92 Å². The Bertz CT molecular complexity index is 885. The first kappa shape index (κ1) is 29.4. The molecule has 0 aliphatic carbocycles. The van der Waals surface area contributed by atoms with E-state index < -0.39 is 17.7 Å². The predicted octanol–water partition coefficient (Wildman–Crippen LogP) is 3.93. The molecule has 9 nitrogen and oxygen atoms in total. The normalized spacial score (nSPS) is 30.9. The van der Waals surface area contributed by atoms with E-state index in [1.165, 1.54) is 12.2 Å². The highest BCUT2D eigenvalue weighted by Crippen LogP contribution is 2.46. The molecule has 3 saturated heterocycles. The van der Waals surface area contributed by atoms with Gasteiger partial charge in [0.15, 0.2) is 6.29 Å². The number of allylic oxidation sites excluding steroid dienone is 2. The molecule has 0 radical (unpaired) electrons. The average molecular weight is 521 g/mol. The quantitative estimate of drug-likeness (QED) is 0.284. The van der Waals surface area contributed by atoms with Crippen LogP contribution in [-0.2, 0) is 28.5 Å². The number of carbonyl (C=O) groups excluding carboxylic acids is 2. The largest absolute Gasteiger partial charge is 0.442 e. The van der Waals surface area contributed by atoms with E-state index >= 15 is 0 Å². The number of hydrogen-bond donors (Lipinski definition) is 2. The maximum atomic E-state index is 12.2. The highest BCUT2D eigenvalue weighted by molar-refractivity contribution is 5.87. The maximum Gasteiger partial charge on any atom is 0.408 e. The topological polar surface area (TPSA) is 108 Å². The molecule has 0 aromatic carbocycles. The van der Waals surface area contributed by atoms with E-state index in [2.05, 4.69) is 42.7 Å². The Labute approximate surface area is 220 Å². The molecule has 37 heavy (non-hydrogen) atoms. The first-order valence-electron chi connectivity index (χ1n) is 13.1. The van der Waals surface area contributed by atoms with Crippen LogP contribution in [0.5, 0.6) is 0 Å². The second kappa shape index (κ2) is 12.1. The van der Waals surface area contributed by atoms with Gasteiger partial charge in [-0.3, -0.25) is 4.79 Å². The summed E-state index contributed by atoms with van der Waals surface area (Å²) in [4.78, 5) is 24.0. The van der Waals surface area contributed by atoms with Crippen molar-refractivity contribution in [2.24, 2.45) is 0 Å². The summed E-state index contributed by atoms with van der Waals surface area (Å²) in [6, 6.07) is -0.248. The standard InChI is InChI=1S/C28H44N2O7/c1-19(8-11-22-14-28(18-35-28)17-27(6,7)37-22)9-13-24-33-15-21(16-34-24)29-23(31)12-10-20(2)36-25(32)30-26(3,4)5/h8-12,20-22,24H,13-18H2,1-7H3,(H,29,31)(H,30,32). The summed E-state index contributed by atoms with van der Waals surface area (Å²) in [7, 11) is 0. The van der Waals surface area contributed by atoms with Crippen molar-refractivity contribution in [3.05, 3.63) is 36.0 Å². The van der Waals surface area contributed by atoms with Crippen molar-refractivity contribution < 1.29 is 33.3 Å². The van der Waals surface area contributed by atoms with Gasteiger partial charge < -0.3 is 34.3 Å². The van der Waals surface area contributed by atoms with Crippen LogP contribution in [0.25, 0.3) is 0 Å². The molecular weight excluding hydrogens is 476 g/mol. The van der Waals surface area contributed by atoms with Crippen LogP contribution in [0.2, 0.25) is 0 Å². The predicted molar refractivity (Wildman–Crippen MR) is 140 cm³/mol. The molecule has 3 rings (SSSR count). The lowest BCUT2D eigenvalue weighted by Crippen LogP contribution is -2.46. The van der Waals surface area contributed by atoms with Crippen LogP contribution >= 0.6 is 0 Å². The summed E-state index contributed by atoms with van der Waals surface area (Å²) in [5, 5.41) is 5.55. The van der Waals surface area contributed by atoms with Gasteiger partial charge in [0.05, 0.1) is 43.2 Å². The van der Waals surface area contributed by atoms with Gasteiger partial charge in [-0.25, -0.2) is 4.79 Å². The molecule has 0 aromatic rings. The van der Waals surface area contributed by atoms with Crippen LogP contribution in [0.1, 0.15) is 67.7 Å². The molecule has 0 saturated carbocycles. The molecule has 0 aromatic heterocycles. The second-order valence-electron chi connectivity index (χ2n) is 12.0. The Balaban J connectivity index is 1.34. The molecule has 0 bridgehead atoms. The number of hydrogen-bond acceptors (Lipinski definition) is 7. The smallest absolute Gasteiger partial charge is 0.408 e. The van der Waals surface area contributed by atoms with Gasteiger partial charge in [0.25, 0.3) is 0 Å². The first-order valence-corrected chi connectivity index (χ1v) is 13.1. The zero-order valence-corrected chi connectivity index (χ0v) is 23.3. The van der Waals surface area contributed by atoms with E-state index in [9.17, 15) is 9.59 Å². The summed E-state index contributed by atoms with van der Waals surface area (Å²) >= 11 is 0. The minimum Gasteiger partial charge on any atom is -0.442 e. The van der Waals surface area contributed by atoms with E-state index in [0.717, 1.165) is 25.0 Å². The van der Waals surface area contributed by atoms with Gasteiger partial charge in [-0.2, -0.15) is 0 Å². The number of epoxide rings is 1. The van der Waals surface area contributed by atoms with Crippen LogP contribution in [0.3, 0.4) is 0 Å². The van der Waals surface area contributed by atoms with Gasteiger partial charge in [-0.05, 0) is 54.5 Å². The van der Waals surface area contributed by atoms with Crippen molar-refractivity contribution in [2.45, 2.75) is 109 Å². The van der Waals surface area contributed by atoms with Crippen molar-refractivity contribution in [1.29, 1.82) is 0 Å². The fraction of sp³-hybridized carbons (Fsp3) is 0.714. The minimum absolute atomic E-state index is 0.00847. The average Bonchev–Trinajstić information content (AvgIpc) is 3.50. The number of carbonyl (C=O) groups is 2. The fourth-order valence-electron chi connectivity index (χ4n) is 4.52. The molecule has 3 fully saturated rings. The Morgan fingerprint density at radius 1 is 1.16 bits per heavy atom. The number of nitrogens with one attached hydrogen (secondary N) is 2. The highest BCUT2D eigenvalue weighted by Gasteiger charge is 2.53. The Morgan fingerprint density at radius 3 is 2.46 bits per heavy atom. The van der Waals surface area contributed by atoms with Crippen molar-refractivity contribution >= 4 is 12.0 Å². The first-order chi connectivity index (χ1) is 17.2. The fourth-order valence-corrected chi connectivity index (χ4v) is 4.52. The van der Waals surface area contributed by atoms with Gasteiger partial charge in [-0.1, -0.05) is 23.8 Å². The number of amides is 2. The molecule has 9 heteroatoms. The van der Waals surface area contributed by atoms with E-state index in [1.807, 2.05) is 27.7 Å². The SMILES string of the molecule is CC(C=CC1CC2(CO2)CC(C)(C)O1)=CCC1OCC(NC(=O)C=CC(C)OC(=O)NC(C)(C)C)CO1. The Morgan fingerprint density at radius 2 is 1.84 bits per heavy atom. The van der Waals surface area contributed by atoms with Gasteiger partial charge in [0.1, 0.15) is 6.10 Å². The van der Waals surface area contributed by atoms with Crippen LogP contribution in [0.4, 0.5) is 4.79 Å². The third-order valence-corrected chi connectivity index (χ3v) is 6.15. The number of rotatable bonds is 8.